The van der Waals surface area contributed by atoms with E-state index in [1.165, 1.54) is 119 Å². The summed E-state index contributed by atoms with van der Waals surface area (Å²) < 4.78 is 21.0. The van der Waals surface area contributed by atoms with Crippen molar-refractivity contribution in [1.29, 1.82) is 0 Å². The maximum absolute atomic E-state index is 7.22. The fourth-order valence-electron chi connectivity index (χ4n) is 11.7. The Kier molecular flexibility index (Phi) is 13.9. The van der Waals surface area contributed by atoms with Crippen LogP contribution in [0, 0.1) is 96.9 Å². The van der Waals surface area contributed by atoms with E-state index in [0.29, 0.717) is 11.8 Å². The Hall–Kier alpha value is -4.01. The Morgan fingerprint density at radius 1 is 0.377 bits per heavy atom. The summed E-state index contributed by atoms with van der Waals surface area (Å²) >= 11 is 0. The lowest BCUT2D eigenvalue weighted by molar-refractivity contribution is 0.302. The predicted molar refractivity (Wildman–Crippen MR) is 264 cm³/mol. The van der Waals surface area contributed by atoms with Crippen molar-refractivity contribution in [2.24, 2.45) is 0 Å². The molecule has 0 aromatic heterocycles. The zero-order valence-electron chi connectivity index (χ0n) is 40.1. The van der Waals surface area contributed by atoms with Crippen molar-refractivity contribution >= 4 is 31.2 Å². The van der Waals surface area contributed by atoms with E-state index >= 15 is 0 Å². The highest BCUT2D eigenvalue weighted by Crippen LogP contribution is 2.48. The Morgan fingerprint density at radius 2 is 0.754 bits per heavy atom. The van der Waals surface area contributed by atoms with Gasteiger partial charge in [-0.3, -0.25) is 0 Å². The van der Waals surface area contributed by atoms with Gasteiger partial charge in [0, 0.05) is 0 Å². The normalized spacial score (nSPS) is 15.5. The fourth-order valence-corrected chi connectivity index (χ4v) is 15.0. The Labute approximate surface area is 371 Å². The molecule has 322 valence electrons. The number of aryl methyl sites for hydroxylation is 12. The largest absolute Gasteiger partial charge is 0.864 e. The van der Waals surface area contributed by atoms with Crippen LogP contribution in [0.25, 0.3) is 0 Å². The summed E-state index contributed by atoms with van der Waals surface area (Å²) in [6, 6.07) is 18.6. The first kappa shape index (κ1) is 45.0. The number of hydrogen-bond acceptors (Lipinski definition) is 3. The SMILES string of the molecule is Cc1cc(C)c(OB(Oc2c(C)cc(C)cc2C)Oc2c(C)cc(C)c(P(c3cc(C)c(C4CCCCC4)c(C)c3C3CCCCC3)c3c(C)cc(C)cc3C)c2C)c(C)c1. The van der Waals surface area contributed by atoms with Gasteiger partial charge in [0.25, 0.3) is 0 Å². The molecule has 0 radical (unpaired) electrons. The van der Waals surface area contributed by atoms with E-state index in [1.807, 2.05) is 0 Å². The third-order valence-electron chi connectivity index (χ3n) is 13.9. The summed E-state index contributed by atoms with van der Waals surface area (Å²) in [4.78, 5) is 0. The van der Waals surface area contributed by atoms with Crippen LogP contribution in [0.1, 0.15) is 165 Å². The van der Waals surface area contributed by atoms with Crippen molar-refractivity contribution < 1.29 is 14.0 Å². The van der Waals surface area contributed by atoms with Crippen molar-refractivity contribution in [2.45, 2.75) is 173 Å². The zero-order valence-corrected chi connectivity index (χ0v) is 41.0. The van der Waals surface area contributed by atoms with Gasteiger partial charge in [0.15, 0.2) is 0 Å². The first-order chi connectivity index (χ1) is 29.0. The molecule has 0 saturated heterocycles. The van der Waals surface area contributed by atoms with Crippen molar-refractivity contribution in [3.8, 4) is 17.2 Å². The molecule has 7 rings (SSSR count). The van der Waals surface area contributed by atoms with E-state index < -0.39 is 15.2 Å². The highest BCUT2D eigenvalue weighted by molar-refractivity contribution is 7.80. The van der Waals surface area contributed by atoms with E-state index in [2.05, 4.69) is 145 Å². The van der Waals surface area contributed by atoms with Crippen LogP contribution in [0.15, 0.2) is 48.5 Å². The molecule has 0 spiro atoms. The van der Waals surface area contributed by atoms with Gasteiger partial charge in [-0.05, 0) is 231 Å². The lowest BCUT2D eigenvalue weighted by Gasteiger charge is -2.36. The minimum atomic E-state index is -1.01. The van der Waals surface area contributed by atoms with Crippen LogP contribution in [0.5, 0.6) is 17.2 Å². The molecule has 2 aliphatic carbocycles. The molecule has 0 amide bonds. The maximum Gasteiger partial charge on any atom is 0.864 e. The van der Waals surface area contributed by atoms with Crippen molar-refractivity contribution in [3.05, 3.63) is 138 Å². The van der Waals surface area contributed by atoms with Crippen LogP contribution < -0.4 is 29.9 Å². The number of rotatable bonds is 11. The molecule has 3 nitrogen and oxygen atoms in total. The lowest BCUT2D eigenvalue weighted by Crippen LogP contribution is -2.39. The fraction of sp³-hybridized carbons (Fsp3) is 0.464. The first-order valence-electron chi connectivity index (χ1n) is 23.3. The number of hydrogen-bond donors (Lipinski definition) is 0. The Bertz CT molecular complexity index is 2300. The minimum absolute atomic E-state index is 0.581. The standard InChI is InChI=1S/C56H72BO3P/c1-33-25-37(5)52(38(6)26-33)58-57(59-53-39(7)27-34(2)28-40(53)8)60-54-41(9)31-44(12)56(46(54)14)61(55-42(10)29-35(3)30-43(55)11)49-32-36(4)50(47-21-17-15-18-22-47)45(13)51(49)48-23-19-16-20-24-48/h25-32,47-48H,15-24H2,1-14H3. The molecular formula is C56H72BO3P. The smallest absolute Gasteiger partial charge is 0.489 e. The van der Waals surface area contributed by atoms with E-state index in [-0.39, 0.29) is 0 Å². The minimum Gasteiger partial charge on any atom is -0.489 e. The molecule has 0 aliphatic heterocycles. The van der Waals surface area contributed by atoms with E-state index in [1.54, 1.807) is 22.0 Å². The summed E-state index contributed by atoms with van der Waals surface area (Å²) in [6.07, 6.45) is 13.3. The average Bonchev–Trinajstić information content (AvgIpc) is 3.18. The third-order valence-corrected chi connectivity index (χ3v) is 17.1. The van der Waals surface area contributed by atoms with Crippen LogP contribution >= 0.6 is 7.92 Å². The van der Waals surface area contributed by atoms with Crippen LogP contribution in [-0.4, -0.2) is 7.32 Å². The molecule has 2 fully saturated rings. The van der Waals surface area contributed by atoms with E-state index in [9.17, 15) is 0 Å². The summed E-state index contributed by atoms with van der Waals surface area (Å²) in [5.74, 6) is 3.69. The highest BCUT2D eigenvalue weighted by Gasteiger charge is 2.37. The second kappa shape index (κ2) is 18.8. The van der Waals surface area contributed by atoms with Crippen molar-refractivity contribution in [1.82, 2.24) is 0 Å². The highest BCUT2D eigenvalue weighted by atomic mass is 31.1. The van der Waals surface area contributed by atoms with Gasteiger partial charge >= 0.3 is 7.32 Å². The van der Waals surface area contributed by atoms with Crippen LogP contribution in [0.3, 0.4) is 0 Å². The molecule has 0 bridgehead atoms. The molecule has 5 heteroatoms. The molecule has 5 aromatic rings. The molecule has 61 heavy (non-hydrogen) atoms. The van der Waals surface area contributed by atoms with Gasteiger partial charge in [-0.25, -0.2) is 0 Å². The van der Waals surface area contributed by atoms with Gasteiger partial charge < -0.3 is 14.0 Å². The van der Waals surface area contributed by atoms with Crippen molar-refractivity contribution in [2.75, 3.05) is 0 Å². The number of benzene rings is 5. The lowest BCUT2D eigenvalue weighted by atomic mass is 9.75. The summed E-state index contributed by atoms with van der Waals surface area (Å²) in [7, 11) is -2.00. The second-order valence-electron chi connectivity index (χ2n) is 19.3. The molecular weight excluding hydrogens is 762 g/mol. The summed E-state index contributed by atoms with van der Waals surface area (Å²) in [6.45, 7) is 31.5. The Morgan fingerprint density at radius 3 is 1.21 bits per heavy atom. The third kappa shape index (κ3) is 9.37. The van der Waals surface area contributed by atoms with Gasteiger partial charge in [-0.2, -0.15) is 0 Å². The van der Waals surface area contributed by atoms with Crippen LogP contribution in [0.2, 0.25) is 0 Å². The zero-order chi connectivity index (χ0) is 43.9. The average molecular weight is 835 g/mol. The molecule has 2 aliphatic rings. The molecule has 1 atom stereocenters. The maximum atomic E-state index is 7.22. The molecule has 1 unspecified atom stereocenters. The topological polar surface area (TPSA) is 27.7 Å². The first-order valence-corrected chi connectivity index (χ1v) is 24.7. The molecule has 0 heterocycles. The van der Waals surface area contributed by atoms with Crippen molar-refractivity contribution in [3.63, 3.8) is 0 Å². The van der Waals surface area contributed by atoms with Gasteiger partial charge in [-0.15, -0.1) is 0 Å². The van der Waals surface area contributed by atoms with Crippen LogP contribution in [0.4, 0.5) is 0 Å². The van der Waals surface area contributed by atoms with Gasteiger partial charge in [0.1, 0.15) is 17.2 Å². The van der Waals surface area contributed by atoms with Gasteiger partial charge in [0.2, 0.25) is 0 Å². The molecule has 2 saturated carbocycles. The monoisotopic (exact) mass is 835 g/mol. The summed E-state index contributed by atoms with van der Waals surface area (Å²) in [5.41, 5.74) is 20.8. The second-order valence-corrected chi connectivity index (χ2v) is 21.4. The predicted octanol–water partition coefficient (Wildman–Crippen LogP) is 14.4. The van der Waals surface area contributed by atoms with Gasteiger partial charge in [-0.1, -0.05) is 104 Å². The van der Waals surface area contributed by atoms with E-state index in [0.717, 1.165) is 45.1 Å². The quantitative estimate of drug-likeness (QED) is 0.0980. The molecule has 5 aromatic carbocycles. The van der Waals surface area contributed by atoms with Gasteiger partial charge in [0.05, 0.1) is 0 Å². The summed E-state index contributed by atoms with van der Waals surface area (Å²) in [5, 5.41) is 4.45. The van der Waals surface area contributed by atoms with Crippen LogP contribution in [-0.2, 0) is 0 Å². The Balaban J connectivity index is 1.46. The molecule has 0 N–H and O–H groups in total. The van der Waals surface area contributed by atoms with E-state index in [4.69, 9.17) is 14.0 Å².